The molecule has 0 spiro atoms. The van der Waals surface area contributed by atoms with Crippen LogP contribution in [0, 0.1) is 18.3 Å². The van der Waals surface area contributed by atoms with E-state index >= 15 is 0 Å². The minimum atomic E-state index is -0.182. The van der Waals surface area contributed by atoms with E-state index < -0.39 is 0 Å². The molecule has 0 radical (unpaired) electrons. The van der Waals surface area contributed by atoms with Crippen molar-refractivity contribution in [1.29, 1.82) is 5.41 Å². The first-order valence-electron chi connectivity index (χ1n) is 10.7. The quantitative estimate of drug-likeness (QED) is 0.370. The van der Waals surface area contributed by atoms with Gasteiger partial charge >= 0.3 is 0 Å². The summed E-state index contributed by atoms with van der Waals surface area (Å²) >= 11 is 0. The molecule has 2 rings (SSSR count). The largest absolute Gasteiger partial charge is 0.441 e. The van der Waals surface area contributed by atoms with Crippen molar-refractivity contribution in [2.24, 2.45) is 5.92 Å². The topological polar surface area (TPSA) is 88.2 Å². The SMILES string of the molecule is CCc1ccc(-c2nc(COCC(=O)NCCC(/C=C\C(C)C)=C/C=N)c(C)o2)cc1. The molecule has 2 aromatic rings. The average molecular weight is 424 g/mol. The lowest BCUT2D eigenvalue weighted by Crippen LogP contribution is -2.28. The summed E-state index contributed by atoms with van der Waals surface area (Å²) in [5.41, 5.74) is 3.88. The molecule has 0 aliphatic carbocycles. The molecule has 0 aliphatic heterocycles. The molecule has 0 saturated heterocycles. The highest BCUT2D eigenvalue weighted by molar-refractivity contribution is 5.77. The predicted octanol–water partition coefficient (Wildman–Crippen LogP) is 5.02. The maximum Gasteiger partial charge on any atom is 0.246 e. The van der Waals surface area contributed by atoms with Crippen molar-refractivity contribution in [2.75, 3.05) is 13.2 Å². The number of hydrogen-bond acceptors (Lipinski definition) is 5. The molecule has 6 heteroatoms. The van der Waals surface area contributed by atoms with Crippen LogP contribution in [0.1, 0.15) is 44.2 Å². The van der Waals surface area contributed by atoms with Gasteiger partial charge < -0.3 is 19.9 Å². The van der Waals surface area contributed by atoms with Crippen LogP contribution in [0.3, 0.4) is 0 Å². The Morgan fingerprint density at radius 2 is 2.03 bits per heavy atom. The summed E-state index contributed by atoms with van der Waals surface area (Å²) in [7, 11) is 0. The van der Waals surface area contributed by atoms with E-state index in [4.69, 9.17) is 14.6 Å². The summed E-state index contributed by atoms with van der Waals surface area (Å²) in [6.07, 6.45) is 8.72. The fourth-order valence-corrected chi connectivity index (χ4v) is 2.85. The summed E-state index contributed by atoms with van der Waals surface area (Å²) in [4.78, 5) is 16.6. The number of nitrogens with zero attached hydrogens (tertiary/aromatic N) is 1. The van der Waals surface area contributed by atoms with Crippen LogP contribution >= 0.6 is 0 Å². The first-order chi connectivity index (χ1) is 14.9. The molecule has 0 unspecified atom stereocenters. The zero-order valence-corrected chi connectivity index (χ0v) is 18.9. The van der Waals surface area contributed by atoms with Gasteiger partial charge in [-0.1, -0.05) is 45.1 Å². The van der Waals surface area contributed by atoms with E-state index in [0.717, 1.165) is 17.6 Å². The first kappa shape index (κ1) is 24.3. The monoisotopic (exact) mass is 423 g/mol. The molecule has 1 aromatic heterocycles. The smallest absolute Gasteiger partial charge is 0.246 e. The molecule has 0 saturated carbocycles. The maximum absolute atomic E-state index is 12.0. The molecular formula is C25H33N3O3. The molecule has 0 bridgehead atoms. The standard InChI is InChI=1S/C25H33N3O3/c1-5-20-8-10-22(11-9-20)25-28-23(19(4)31-25)16-30-17-24(29)27-15-13-21(12-14-26)7-6-18(2)3/h6-12,14,18,26H,5,13,15-17H2,1-4H3,(H,27,29)/b7-6-,21-12+,26-14?. The number of aryl methyl sites for hydroxylation is 2. The highest BCUT2D eigenvalue weighted by Gasteiger charge is 2.12. The van der Waals surface area contributed by atoms with Gasteiger partial charge in [0.1, 0.15) is 18.1 Å². The normalized spacial score (nSPS) is 12.0. The van der Waals surface area contributed by atoms with Gasteiger partial charge in [-0.25, -0.2) is 4.98 Å². The van der Waals surface area contributed by atoms with Crippen LogP contribution in [-0.2, 0) is 22.6 Å². The number of allylic oxidation sites excluding steroid dienone is 3. The summed E-state index contributed by atoms with van der Waals surface area (Å²) in [6, 6.07) is 8.13. The third-order valence-electron chi connectivity index (χ3n) is 4.70. The number of carbonyl (C=O) groups is 1. The number of hydrogen-bond donors (Lipinski definition) is 2. The Labute approximate surface area is 184 Å². The van der Waals surface area contributed by atoms with Gasteiger partial charge in [0.15, 0.2) is 0 Å². The molecular weight excluding hydrogens is 390 g/mol. The molecule has 1 heterocycles. The lowest BCUT2D eigenvalue weighted by Gasteiger charge is -2.07. The zero-order chi connectivity index (χ0) is 22.6. The van der Waals surface area contributed by atoms with E-state index in [-0.39, 0.29) is 19.1 Å². The summed E-state index contributed by atoms with van der Waals surface area (Å²) < 4.78 is 11.3. The highest BCUT2D eigenvalue weighted by atomic mass is 16.5. The molecule has 0 fully saturated rings. The number of oxazole rings is 1. The molecule has 0 atom stereocenters. The van der Waals surface area contributed by atoms with Gasteiger partial charge in [-0.05, 0) is 55.0 Å². The predicted molar refractivity (Wildman–Crippen MR) is 124 cm³/mol. The minimum absolute atomic E-state index is 0.0434. The van der Waals surface area contributed by atoms with Gasteiger partial charge in [-0.15, -0.1) is 0 Å². The van der Waals surface area contributed by atoms with E-state index in [1.807, 2.05) is 25.1 Å². The van der Waals surface area contributed by atoms with Gasteiger partial charge in [0.25, 0.3) is 0 Å². The molecule has 2 N–H and O–H groups in total. The van der Waals surface area contributed by atoms with Crippen LogP contribution in [0.25, 0.3) is 11.5 Å². The Hall–Kier alpha value is -2.99. The van der Waals surface area contributed by atoms with Gasteiger partial charge in [0, 0.05) is 18.3 Å². The molecule has 6 nitrogen and oxygen atoms in total. The zero-order valence-electron chi connectivity index (χ0n) is 18.9. The van der Waals surface area contributed by atoms with Crippen LogP contribution in [0.15, 0.2) is 52.5 Å². The van der Waals surface area contributed by atoms with Crippen molar-refractivity contribution in [2.45, 2.75) is 47.1 Å². The van der Waals surface area contributed by atoms with E-state index in [1.54, 1.807) is 6.08 Å². The number of benzene rings is 1. The lowest BCUT2D eigenvalue weighted by atomic mass is 10.1. The third kappa shape index (κ3) is 8.34. The van der Waals surface area contributed by atoms with E-state index in [9.17, 15) is 4.79 Å². The Balaban J connectivity index is 1.78. The summed E-state index contributed by atoms with van der Waals surface area (Å²) in [5, 5.41) is 10.1. The number of carbonyl (C=O) groups excluding carboxylic acids is 1. The molecule has 1 aromatic carbocycles. The Kier molecular flexibility index (Phi) is 9.91. The van der Waals surface area contributed by atoms with Crippen molar-refractivity contribution in [1.82, 2.24) is 10.3 Å². The van der Waals surface area contributed by atoms with E-state index in [1.165, 1.54) is 11.8 Å². The van der Waals surface area contributed by atoms with Gasteiger partial charge in [-0.3, -0.25) is 4.79 Å². The molecule has 0 aliphatic rings. The van der Waals surface area contributed by atoms with Crippen molar-refractivity contribution in [3.05, 3.63) is 65.1 Å². The fourth-order valence-electron chi connectivity index (χ4n) is 2.85. The van der Waals surface area contributed by atoms with Crippen LogP contribution in [0.5, 0.6) is 0 Å². The van der Waals surface area contributed by atoms with Crippen molar-refractivity contribution < 1.29 is 13.9 Å². The van der Waals surface area contributed by atoms with Crippen molar-refractivity contribution in [3.8, 4) is 11.5 Å². The van der Waals surface area contributed by atoms with Crippen molar-refractivity contribution in [3.63, 3.8) is 0 Å². The average Bonchev–Trinajstić information content (AvgIpc) is 3.12. The Morgan fingerprint density at radius 3 is 2.68 bits per heavy atom. The third-order valence-corrected chi connectivity index (χ3v) is 4.70. The van der Waals surface area contributed by atoms with Crippen LogP contribution in [0.4, 0.5) is 0 Å². The number of nitrogens with one attached hydrogen (secondary N) is 2. The number of aromatic nitrogens is 1. The van der Waals surface area contributed by atoms with Crippen LogP contribution in [-0.4, -0.2) is 30.3 Å². The van der Waals surface area contributed by atoms with Crippen LogP contribution < -0.4 is 5.32 Å². The molecule has 166 valence electrons. The first-order valence-corrected chi connectivity index (χ1v) is 10.7. The Morgan fingerprint density at radius 1 is 1.29 bits per heavy atom. The summed E-state index contributed by atoms with van der Waals surface area (Å²) in [6.45, 7) is 8.82. The van der Waals surface area contributed by atoms with E-state index in [0.29, 0.717) is 36.2 Å². The number of rotatable bonds is 12. The second-order valence-electron chi connectivity index (χ2n) is 7.68. The minimum Gasteiger partial charge on any atom is -0.441 e. The lowest BCUT2D eigenvalue weighted by molar-refractivity contribution is -0.126. The highest BCUT2D eigenvalue weighted by Crippen LogP contribution is 2.22. The maximum atomic E-state index is 12.0. The Bertz CT molecular complexity index is 909. The van der Waals surface area contributed by atoms with Gasteiger partial charge in [-0.2, -0.15) is 0 Å². The van der Waals surface area contributed by atoms with Gasteiger partial charge in [0.05, 0.1) is 6.61 Å². The number of ether oxygens (including phenoxy) is 1. The van der Waals surface area contributed by atoms with Crippen LogP contribution in [0.2, 0.25) is 0 Å². The fraction of sp³-hybridized carbons (Fsp3) is 0.400. The second kappa shape index (κ2) is 12.6. The van der Waals surface area contributed by atoms with E-state index in [2.05, 4.69) is 49.3 Å². The molecule has 1 amide bonds. The summed E-state index contributed by atoms with van der Waals surface area (Å²) in [5.74, 6) is 1.50. The number of amides is 1. The molecule has 31 heavy (non-hydrogen) atoms. The van der Waals surface area contributed by atoms with Crippen molar-refractivity contribution >= 4 is 12.1 Å². The second-order valence-corrected chi connectivity index (χ2v) is 7.68. The van der Waals surface area contributed by atoms with Gasteiger partial charge in [0.2, 0.25) is 11.8 Å².